The molecule has 100 valence electrons. The number of carbonyl (C=O) groups is 1. The minimum Gasteiger partial charge on any atom is -0.355 e. The Morgan fingerprint density at radius 1 is 1.47 bits per heavy atom. The van der Waals surface area contributed by atoms with Crippen molar-refractivity contribution in [2.75, 3.05) is 25.4 Å². The second-order valence-electron chi connectivity index (χ2n) is 5.54. The lowest BCUT2D eigenvalue weighted by atomic mass is 10.1. The normalized spacial score (nSPS) is 24.2. The summed E-state index contributed by atoms with van der Waals surface area (Å²) in [6.45, 7) is 8.81. The van der Waals surface area contributed by atoms with Crippen LogP contribution in [-0.2, 0) is 4.79 Å². The van der Waals surface area contributed by atoms with Crippen LogP contribution in [0.3, 0.4) is 0 Å². The van der Waals surface area contributed by atoms with Gasteiger partial charge in [0.25, 0.3) is 0 Å². The molecule has 1 rings (SSSR count). The Bertz CT molecular complexity index is 238. The molecule has 1 atom stereocenters. The van der Waals surface area contributed by atoms with Gasteiger partial charge in [0.15, 0.2) is 0 Å². The molecule has 1 saturated heterocycles. The van der Waals surface area contributed by atoms with Crippen LogP contribution in [0.1, 0.15) is 40.0 Å². The summed E-state index contributed by atoms with van der Waals surface area (Å²) in [7, 11) is 0. The molecule has 0 spiro atoms. The van der Waals surface area contributed by atoms with Crippen LogP contribution in [0.2, 0.25) is 0 Å². The third-order valence-electron chi connectivity index (χ3n) is 3.13. The smallest absolute Gasteiger partial charge is 0.233 e. The molecule has 1 aliphatic rings. The van der Waals surface area contributed by atoms with Gasteiger partial charge >= 0.3 is 0 Å². The van der Waals surface area contributed by atoms with E-state index in [9.17, 15) is 4.79 Å². The Labute approximate surface area is 109 Å². The van der Waals surface area contributed by atoms with Crippen LogP contribution in [0.5, 0.6) is 0 Å². The summed E-state index contributed by atoms with van der Waals surface area (Å²) in [6.07, 6.45) is 3.63. The van der Waals surface area contributed by atoms with E-state index in [2.05, 4.69) is 31.4 Å². The van der Waals surface area contributed by atoms with Gasteiger partial charge in [0.05, 0.1) is 6.54 Å². The molecule has 0 aromatic rings. The Morgan fingerprint density at radius 2 is 2.24 bits per heavy atom. The highest BCUT2D eigenvalue weighted by molar-refractivity contribution is 8.00. The highest BCUT2D eigenvalue weighted by atomic mass is 32.2. The van der Waals surface area contributed by atoms with E-state index in [0.29, 0.717) is 17.2 Å². The highest BCUT2D eigenvalue weighted by Gasteiger charge is 2.28. The van der Waals surface area contributed by atoms with Gasteiger partial charge in [-0.25, -0.2) is 0 Å². The molecule has 1 heterocycles. The molecule has 1 amide bonds. The maximum Gasteiger partial charge on any atom is 0.233 e. The number of hydrogen-bond donors (Lipinski definition) is 2. The Kier molecular flexibility index (Phi) is 6.34. The number of nitrogens with one attached hydrogen (secondary N) is 2. The van der Waals surface area contributed by atoms with E-state index in [1.54, 1.807) is 0 Å². The van der Waals surface area contributed by atoms with Crippen molar-refractivity contribution in [3.63, 3.8) is 0 Å². The second-order valence-corrected chi connectivity index (χ2v) is 7.22. The zero-order valence-corrected chi connectivity index (χ0v) is 12.2. The number of rotatable bonds is 7. The lowest BCUT2D eigenvalue weighted by Crippen LogP contribution is -2.40. The first kappa shape index (κ1) is 14.8. The molecule has 0 radical (unpaired) electrons. The van der Waals surface area contributed by atoms with Crippen molar-refractivity contribution in [1.82, 2.24) is 10.6 Å². The molecule has 0 bridgehead atoms. The maximum atomic E-state index is 11.5. The largest absolute Gasteiger partial charge is 0.355 e. The van der Waals surface area contributed by atoms with Gasteiger partial charge < -0.3 is 10.6 Å². The first-order valence-electron chi connectivity index (χ1n) is 6.63. The molecule has 3 nitrogen and oxygen atoms in total. The van der Waals surface area contributed by atoms with Crippen molar-refractivity contribution in [3.8, 4) is 0 Å². The fourth-order valence-corrected chi connectivity index (χ4v) is 3.25. The van der Waals surface area contributed by atoms with Crippen molar-refractivity contribution in [2.24, 2.45) is 5.92 Å². The highest BCUT2D eigenvalue weighted by Crippen LogP contribution is 2.36. The molecule has 0 aromatic carbocycles. The van der Waals surface area contributed by atoms with Gasteiger partial charge in [0.1, 0.15) is 0 Å². The summed E-state index contributed by atoms with van der Waals surface area (Å²) >= 11 is 2.02. The number of thioether (sulfide) groups is 1. The van der Waals surface area contributed by atoms with Crippen LogP contribution in [0.4, 0.5) is 0 Å². The average Bonchev–Trinajstić information content (AvgIpc) is 2.65. The van der Waals surface area contributed by atoms with Gasteiger partial charge in [-0.15, -0.1) is 0 Å². The predicted molar refractivity (Wildman–Crippen MR) is 75.4 cm³/mol. The predicted octanol–water partition coefficient (Wildman–Crippen LogP) is 2.02. The number of hydrogen-bond acceptors (Lipinski definition) is 3. The van der Waals surface area contributed by atoms with E-state index in [4.69, 9.17) is 0 Å². The molecular formula is C13H26N2OS. The van der Waals surface area contributed by atoms with Crippen molar-refractivity contribution in [3.05, 3.63) is 0 Å². The molecular weight excluding hydrogens is 232 g/mol. The van der Waals surface area contributed by atoms with Gasteiger partial charge in [-0.3, -0.25) is 4.79 Å². The van der Waals surface area contributed by atoms with Crippen molar-refractivity contribution in [1.29, 1.82) is 0 Å². The molecule has 0 aliphatic carbocycles. The van der Waals surface area contributed by atoms with Gasteiger partial charge in [0.2, 0.25) is 5.91 Å². The average molecular weight is 258 g/mol. The number of amides is 1. The Balaban J connectivity index is 2.03. The van der Waals surface area contributed by atoms with Crippen molar-refractivity contribution in [2.45, 2.75) is 44.8 Å². The van der Waals surface area contributed by atoms with E-state index >= 15 is 0 Å². The zero-order valence-electron chi connectivity index (χ0n) is 11.3. The van der Waals surface area contributed by atoms with Gasteiger partial charge in [0, 0.05) is 17.8 Å². The van der Waals surface area contributed by atoms with Crippen LogP contribution < -0.4 is 10.6 Å². The minimum absolute atomic E-state index is 0.122. The number of carbonyl (C=O) groups excluding carboxylic acids is 1. The lowest BCUT2D eigenvalue weighted by Gasteiger charge is -2.22. The van der Waals surface area contributed by atoms with Crippen LogP contribution in [-0.4, -0.2) is 36.0 Å². The van der Waals surface area contributed by atoms with Gasteiger partial charge in [-0.2, -0.15) is 11.8 Å². The first-order valence-corrected chi connectivity index (χ1v) is 7.62. The maximum absolute atomic E-state index is 11.5. The molecule has 1 fully saturated rings. The fourth-order valence-electron chi connectivity index (χ4n) is 1.98. The summed E-state index contributed by atoms with van der Waals surface area (Å²) in [5.41, 5.74) is 0. The van der Waals surface area contributed by atoms with Crippen LogP contribution in [0.15, 0.2) is 0 Å². The second kappa shape index (κ2) is 7.27. The molecule has 4 heteroatoms. The molecule has 17 heavy (non-hydrogen) atoms. The lowest BCUT2D eigenvalue weighted by molar-refractivity contribution is -0.120. The van der Waals surface area contributed by atoms with Crippen LogP contribution in [0, 0.1) is 5.92 Å². The van der Waals surface area contributed by atoms with E-state index in [1.807, 2.05) is 11.8 Å². The van der Waals surface area contributed by atoms with Gasteiger partial charge in [-0.05, 0) is 37.9 Å². The fraction of sp³-hybridized carbons (Fsp3) is 0.923. The van der Waals surface area contributed by atoms with Gasteiger partial charge in [-0.1, -0.05) is 13.8 Å². The molecule has 1 unspecified atom stereocenters. The monoisotopic (exact) mass is 258 g/mol. The van der Waals surface area contributed by atoms with Crippen LogP contribution >= 0.6 is 11.8 Å². The van der Waals surface area contributed by atoms with E-state index in [-0.39, 0.29) is 5.91 Å². The van der Waals surface area contributed by atoms with Crippen LogP contribution in [0.25, 0.3) is 0 Å². The topological polar surface area (TPSA) is 41.1 Å². The standard InChI is InChI=1S/C13H26N2OS/c1-11(2)5-7-15-12(16)9-14-10-13(3)6-4-8-17-13/h11,14H,4-10H2,1-3H3,(H,15,16). The summed E-state index contributed by atoms with van der Waals surface area (Å²) in [6, 6.07) is 0. The first-order chi connectivity index (χ1) is 8.02. The van der Waals surface area contributed by atoms with E-state index in [1.165, 1.54) is 18.6 Å². The SMILES string of the molecule is CC(C)CCNC(=O)CNCC1(C)CCCS1. The molecule has 0 saturated carbocycles. The Hall–Kier alpha value is -0.220. The summed E-state index contributed by atoms with van der Waals surface area (Å²) in [5.74, 6) is 2.04. The molecule has 2 N–H and O–H groups in total. The summed E-state index contributed by atoms with van der Waals surface area (Å²) in [4.78, 5) is 11.5. The summed E-state index contributed by atoms with van der Waals surface area (Å²) < 4.78 is 0.345. The Morgan fingerprint density at radius 3 is 2.82 bits per heavy atom. The molecule has 0 aromatic heterocycles. The van der Waals surface area contributed by atoms with Crippen molar-refractivity contribution < 1.29 is 4.79 Å². The molecule has 1 aliphatic heterocycles. The van der Waals surface area contributed by atoms with E-state index in [0.717, 1.165) is 19.5 Å². The third kappa shape index (κ3) is 6.32. The van der Waals surface area contributed by atoms with E-state index < -0.39 is 0 Å². The zero-order chi connectivity index (χ0) is 12.7. The van der Waals surface area contributed by atoms with Crippen molar-refractivity contribution >= 4 is 17.7 Å². The quantitative estimate of drug-likeness (QED) is 0.734. The minimum atomic E-state index is 0.122. The summed E-state index contributed by atoms with van der Waals surface area (Å²) in [5, 5.41) is 6.22. The third-order valence-corrected chi connectivity index (χ3v) is 4.67.